The summed E-state index contributed by atoms with van der Waals surface area (Å²) in [7, 11) is 0. The molecule has 0 saturated heterocycles. The molecular formula is C16H13F2N5. The fourth-order valence-electron chi connectivity index (χ4n) is 1.96. The monoisotopic (exact) mass is 313 g/mol. The van der Waals surface area contributed by atoms with Crippen molar-refractivity contribution in [1.82, 2.24) is 15.0 Å². The molecule has 0 aliphatic heterocycles. The molecule has 0 fully saturated rings. The van der Waals surface area contributed by atoms with Gasteiger partial charge in [-0.15, -0.1) is 0 Å². The Morgan fingerprint density at radius 1 is 0.957 bits per heavy atom. The van der Waals surface area contributed by atoms with E-state index >= 15 is 0 Å². The lowest BCUT2D eigenvalue weighted by Crippen LogP contribution is -2.04. The number of nitrogens with zero attached hydrogens (tertiary/aromatic N) is 3. The number of nitrogens with one attached hydrogen (secondary N) is 2. The van der Waals surface area contributed by atoms with Crippen molar-refractivity contribution in [1.29, 1.82) is 0 Å². The van der Waals surface area contributed by atoms with Gasteiger partial charge in [-0.25, -0.2) is 18.7 Å². The van der Waals surface area contributed by atoms with Crippen molar-refractivity contribution in [2.45, 2.75) is 6.54 Å². The van der Waals surface area contributed by atoms with Crippen LogP contribution in [0.3, 0.4) is 0 Å². The van der Waals surface area contributed by atoms with Gasteiger partial charge in [-0.1, -0.05) is 12.1 Å². The van der Waals surface area contributed by atoms with Gasteiger partial charge in [0.05, 0.1) is 0 Å². The first kappa shape index (κ1) is 14.8. The second kappa shape index (κ2) is 6.78. The van der Waals surface area contributed by atoms with Crippen LogP contribution < -0.4 is 10.6 Å². The molecule has 23 heavy (non-hydrogen) atoms. The Bertz CT molecular complexity index is 775. The van der Waals surface area contributed by atoms with Crippen molar-refractivity contribution in [3.05, 3.63) is 72.3 Å². The lowest BCUT2D eigenvalue weighted by molar-refractivity contribution is 0.590. The maximum absolute atomic E-state index is 13.6. The molecule has 1 aromatic carbocycles. The van der Waals surface area contributed by atoms with Crippen LogP contribution >= 0.6 is 0 Å². The molecule has 0 bridgehead atoms. The molecule has 0 spiro atoms. The summed E-state index contributed by atoms with van der Waals surface area (Å²) in [5.41, 5.74) is 0.741. The second-order valence-electron chi connectivity index (χ2n) is 4.72. The van der Waals surface area contributed by atoms with Gasteiger partial charge in [0.25, 0.3) is 0 Å². The smallest absolute Gasteiger partial charge is 0.149 e. The highest BCUT2D eigenvalue weighted by Gasteiger charge is 2.09. The van der Waals surface area contributed by atoms with E-state index < -0.39 is 11.6 Å². The van der Waals surface area contributed by atoms with Gasteiger partial charge in [0, 0.05) is 25.0 Å². The molecule has 116 valence electrons. The maximum atomic E-state index is 13.6. The molecule has 0 aliphatic carbocycles. The van der Waals surface area contributed by atoms with E-state index in [-0.39, 0.29) is 11.5 Å². The van der Waals surface area contributed by atoms with E-state index in [1.54, 1.807) is 18.5 Å². The Morgan fingerprint density at radius 3 is 2.48 bits per heavy atom. The molecule has 7 heteroatoms. The van der Waals surface area contributed by atoms with E-state index in [1.165, 1.54) is 24.5 Å². The first-order chi connectivity index (χ1) is 11.2. The van der Waals surface area contributed by atoms with E-state index in [4.69, 9.17) is 0 Å². The van der Waals surface area contributed by atoms with Crippen LogP contribution in [0.5, 0.6) is 0 Å². The molecule has 2 N–H and O–H groups in total. The van der Waals surface area contributed by atoms with Gasteiger partial charge in [0.2, 0.25) is 0 Å². The summed E-state index contributed by atoms with van der Waals surface area (Å²) in [4.78, 5) is 12.1. The molecule has 2 heterocycles. The lowest BCUT2D eigenvalue weighted by atomic mass is 10.3. The van der Waals surface area contributed by atoms with Crippen LogP contribution in [0.4, 0.5) is 26.1 Å². The van der Waals surface area contributed by atoms with Crippen LogP contribution in [0.25, 0.3) is 0 Å². The fraction of sp³-hybridized carbons (Fsp3) is 0.0625. The molecule has 0 saturated carbocycles. The maximum Gasteiger partial charge on any atom is 0.149 e. The van der Waals surface area contributed by atoms with Gasteiger partial charge in [-0.05, 0) is 23.8 Å². The van der Waals surface area contributed by atoms with Gasteiger partial charge >= 0.3 is 0 Å². The van der Waals surface area contributed by atoms with E-state index in [0.29, 0.717) is 12.4 Å². The van der Waals surface area contributed by atoms with Crippen LogP contribution in [0.2, 0.25) is 0 Å². The van der Waals surface area contributed by atoms with Gasteiger partial charge in [0.15, 0.2) is 0 Å². The quantitative estimate of drug-likeness (QED) is 0.755. The van der Waals surface area contributed by atoms with Crippen molar-refractivity contribution in [3.63, 3.8) is 0 Å². The normalized spacial score (nSPS) is 10.3. The average molecular weight is 313 g/mol. The molecule has 5 nitrogen and oxygen atoms in total. The summed E-state index contributed by atoms with van der Waals surface area (Å²) in [6.07, 6.45) is 4.74. The van der Waals surface area contributed by atoms with Crippen LogP contribution in [-0.4, -0.2) is 15.0 Å². The Hall–Kier alpha value is -3.09. The minimum absolute atomic E-state index is 0.246. The van der Waals surface area contributed by atoms with Crippen molar-refractivity contribution in [2.75, 3.05) is 10.6 Å². The summed E-state index contributed by atoms with van der Waals surface area (Å²) >= 11 is 0. The minimum Gasteiger partial charge on any atom is -0.366 e. The molecule has 2 aromatic heterocycles. The van der Waals surface area contributed by atoms with E-state index in [1.807, 2.05) is 12.1 Å². The predicted octanol–water partition coefficient (Wildman–Crippen LogP) is 3.51. The summed E-state index contributed by atoms with van der Waals surface area (Å²) < 4.78 is 27.3. The van der Waals surface area contributed by atoms with Crippen LogP contribution in [-0.2, 0) is 6.54 Å². The minimum atomic E-state index is -0.687. The number of pyridine rings is 1. The van der Waals surface area contributed by atoms with E-state index in [0.717, 1.165) is 5.56 Å². The molecule has 0 amide bonds. The molecule has 0 radical (unpaired) electrons. The van der Waals surface area contributed by atoms with Crippen LogP contribution in [0.15, 0.2) is 55.1 Å². The van der Waals surface area contributed by atoms with Crippen LogP contribution in [0.1, 0.15) is 5.56 Å². The fourth-order valence-corrected chi connectivity index (χ4v) is 1.96. The number of rotatable bonds is 5. The Balaban J connectivity index is 1.72. The van der Waals surface area contributed by atoms with Crippen LogP contribution in [0, 0.1) is 11.6 Å². The molecule has 0 unspecified atom stereocenters. The molecule has 3 rings (SSSR count). The number of halogens is 2. The highest BCUT2D eigenvalue weighted by molar-refractivity contribution is 5.60. The number of anilines is 3. The van der Waals surface area contributed by atoms with Gasteiger partial charge in [-0.3, -0.25) is 4.98 Å². The molecule has 0 atom stereocenters. The lowest BCUT2D eigenvalue weighted by Gasteiger charge is -2.10. The SMILES string of the molecule is Fc1cccc(F)c1Nc1cc(NCc2cccnc2)ncn1. The number of para-hydroxylation sites is 1. The zero-order valence-corrected chi connectivity index (χ0v) is 12.0. The summed E-state index contributed by atoms with van der Waals surface area (Å²) in [6, 6.07) is 8.99. The zero-order valence-electron chi connectivity index (χ0n) is 12.0. The topological polar surface area (TPSA) is 62.7 Å². The number of aromatic nitrogens is 3. The van der Waals surface area contributed by atoms with Crippen molar-refractivity contribution < 1.29 is 8.78 Å². The number of hydrogen-bond acceptors (Lipinski definition) is 5. The summed E-state index contributed by atoms with van der Waals surface area (Å²) in [5.74, 6) is -0.553. The Labute approximate surface area is 131 Å². The summed E-state index contributed by atoms with van der Waals surface area (Å²) in [5, 5.41) is 5.72. The van der Waals surface area contributed by atoms with Crippen molar-refractivity contribution in [3.8, 4) is 0 Å². The van der Waals surface area contributed by atoms with Gasteiger partial charge in [-0.2, -0.15) is 0 Å². The van der Waals surface area contributed by atoms with E-state index in [9.17, 15) is 8.78 Å². The van der Waals surface area contributed by atoms with Crippen molar-refractivity contribution in [2.24, 2.45) is 0 Å². The van der Waals surface area contributed by atoms with Gasteiger partial charge < -0.3 is 10.6 Å². The highest BCUT2D eigenvalue weighted by atomic mass is 19.1. The number of benzene rings is 1. The molecule has 0 aliphatic rings. The second-order valence-corrected chi connectivity index (χ2v) is 4.72. The highest BCUT2D eigenvalue weighted by Crippen LogP contribution is 2.22. The third-order valence-corrected chi connectivity index (χ3v) is 3.08. The van der Waals surface area contributed by atoms with Gasteiger partial charge in [0.1, 0.15) is 35.3 Å². The summed E-state index contributed by atoms with van der Waals surface area (Å²) in [6.45, 7) is 0.526. The largest absolute Gasteiger partial charge is 0.366 e. The Morgan fingerprint density at radius 2 is 1.74 bits per heavy atom. The molecule has 3 aromatic rings. The predicted molar refractivity (Wildman–Crippen MR) is 83.2 cm³/mol. The third-order valence-electron chi connectivity index (χ3n) is 3.08. The first-order valence-electron chi connectivity index (χ1n) is 6.88. The van der Waals surface area contributed by atoms with Crippen molar-refractivity contribution >= 4 is 17.3 Å². The standard InChI is InChI=1S/C16H13F2N5/c17-12-4-1-5-13(18)16(12)23-15-7-14(21-10-22-15)20-9-11-3-2-6-19-8-11/h1-8,10H,9H2,(H2,20,21,22,23). The van der Waals surface area contributed by atoms with E-state index in [2.05, 4.69) is 25.6 Å². The molecular weight excluding hydrogens is 300 g/mol. The Kier molecular flexibility index (Phi) is 4.37. The first-order valence-corrected chi connectivity index (χ1v) is 6.88. The number of hydrogen-bond donors (Lipinski definition) is 2. The average Bonchev–Trinajstić information content (AvgIpc) is 2.58. The zero-order chi connectivity index (χ0) is 16.1. The third kappa shape index (κ3) is 3.76.